The first-order chi connectivity index (χ1) is 21.0. The summed E-state index contributed by atoms with van der Waals surface area (Å²) in [6.07, 6.45) is 11.9. The number of aliphatic hydroxyl groups excluding tert-OH is 2. The number of allylic oxidation sites excluding steroid dienone is 8. The van der Waals surface area contributed by atoms with E-state index >= 15 is 0 Å². The van der Waals surface area contributed by atoms with Gasteiger partial charge in [0.15, 0.2) is 28.2 Å². The molecule has 2 heterocycles. The quantitative estimate of drug-likeness (QED) is 0.0940. The molecule has 2 amide bonds. The van der Waals surface area contributed by atoms with Crippen molar-refractivity contribution >= 4 is 40.0 Å². The molecule has 2 aliphatic heterocycles. The van der Waals surface area contributed by atoms with Crippen LogP contribution in [0.1, 0.15) is 41.5 Å². The number of nitrogens with zero attached hydrogens (tertiary/aromatic N) is 2. The summed E-state index contributed by atoms with van der Waals surface area (Å²) in [6, 6.07) is -1.58. The Bertz CT molecular complexity index is 1300. The highest BCUT2D eigenvalue weighted by molar-refractivity contribution is 6.74. The lowest BCUT2D eigenvalue weighted by Crippen LogP contribution is -2.45. The molecule has 2 saturated heterocycles. The lowest BCUT2D eigenvalue weighted by atomic mass is 10.1. The zero-order valence-electron chi connectivity index (χ0n) is 29.4. The van der Waals surface area contributed by atoms with Crippen LogP contribution in [-0.2, 0) is 28.0 Å². The van der Waals surface area contributed by atoms with Crippen LogP contribution in [-0.4, -0.2) is 99.4 Å². The van der Waals surface area contributed by atoms with E-state index in [-0.39, 0.29) is 34.4 Å². The Morgan fingerprint density at radius 3 is 1.20 bits per heavy atom. The molecule has 0 aromatic rings. The highest BCUT2D eigenvalue weighted by atomic mass is 28.4. The molecule has 2 aliphatic rings. The molecule has 12 heteroatoms. The minimum atomic E-state index is -2.14. The number of Topliss-reactive ketones (excluding diaryl/α,β-unsaturated/α-hetero) is 2. The second kappa shape index (κ2) is 14.6. The fourth-order valence-electron chi connectivity index (χ4n) is 4.10. The number of carbonyl (C=O) groups is 4. The molecule has 2 rings (SSSR count). The molecule has 0 aliphatic carbocycles. The van der Waals surface area contributed by atoms with Crippen molar-refractivity contribution in [2.75, 3.05) is 27.3 Å². The van der Waals surface area contributed by atoms with E-state index in [1.165, 1.54) is 48.2 Å². The van der Waals surface area contributed by atoms with Crippen molar-refractivity contribution in [1.29, 1.82) is 0 Å². The van der Waals surface area contributed by atoms with Crippen LogP contribution in [0.5, 0.6) is 0 Å². The van der Waals surface area contributed by atoms with Gasteiger partial charge in [-0.2, -0.15) is 0 Å². The number of likely N-dealkylation sites (tertiary alicyclic amines) is 2. The molecule has 10 nitrogen and oxygen atoms in total. The van der Waals surface area contributed by atoms with E-state index in [2.05, 4.69) is 67.7 Å². The number of aliphatic hydroxyl groups is 2. The molecule has 46 heavy (non-hydrogen) atoms. The number of rotatable bonds is 11. The van der Waals surface area contributed by atoms with E-state index in [0.717, 1.165) is 0 Å². The highest BCUT2D eigenvalue weighted by Gasteiger charge is 2.47. The minimum Gasteiger partial charge on any atom is -0.507 e. The SMILES string of the molecule is CN1C(=O)/C(=C(O)/C=C/C=C/C=C/C=C/C(O)=C2\C(=O)[C@H](CO[Si](C)(C)C(C)(C)C)N(C)C2=O)C(=O)[C@@H]1CO[Si](C)(C)C(C)(C)C. The molecule has 0 bridgehead atoms. The molecule has 0 unspecified atom stereocenters. The molecule has 0 aromatic carbocycles. The Balaban J connectivity index is 2.03. The molecule has 0 saturated carbocycles. The van der Waals surface area contributed by atoms with Gasteiger partial charge in [-0.15, -0.1) is 0 Å². The standard InChI is InChI=1S/C34H52N2O8Si2/c1-33(2,3)45(9,10)43-21-23-29(39)27(31(41)35(23)7)25(37)19-17-15-13-14-16-18-20-26(38)28-30(40)24(36(8)32(28)42)22-44-46(11,12)34(4,5)6/h13-20,23-24,37-38H,21-22H2,1-12H3/b15-13+,16-14+,19-17+,20-18+,27-25-,28-26-/t23-,24-/m0/s1. The predicted octanol–water partition coefficient (Wildman–Crippen LogP) is 5.70. The average molecular weight is 673 g/mol. The smallest absolute Gasteiger partial charge is 0.261 e. The molecule has 2 atom stereocenters. The van der Waals surface area contributed by atoms with Gasteiger partial charge in [-0.25, -0.2) is 0 Å². The van der Waals surface area contributed by atoms with Gasteiger partial charge in [-0.1, -0.05) is 78.0 Å². The fourth-order valence-corrected chi connectivity index (χ4v) is 6.12. The van der Waals surface area contributed by atoms with Crippen molar-refractivity contribution in [2.45, 2.75) is 89.9 Å². The topological polar surface area (TPSA) is 134 Å². The first kappa shape index (κ1) is 38.9. The summed E-state index contributed by atoms with van der Waals surface area (Å²) in [5.41, 5.74) is -0.540. The summed E-state index contributed by atoms with van der Waals surface area (Å²) in [6.45, 7) is 21.0. The van der Waals surface area contributed by atoms with Crippen LogP contribution in [0.15, 0.2) is 71.3 Å². The third-order valence-electron chi connectivity index (χ3n) is 9.49. The van der Waals surface area contributed by atoms with Crippen molar-refractivity contribution in [3.8, 4) is 0 Å². The van der Waals surface area contributed by atoms with Crippen LogP contribution in [0, 0.1) is 0 Å². The predicted molar refractivity (Wildman–Crippen MR) is 185 cm³/mol. The van der Waals surface area contributed by atoms with Gasteiger partial charge in [0.2, 0.25) is 0 Å². The zero-order valence-corrected chi connectivity index (χ0v) is 31.4. The molecule has 0 aromatic heterocycles. The number of likely N-dealkylation sites (N-methyl/N-ethyl adjacent to an activating group) is 2. The van der Waals surface area contributed by atoms with Crippen LogP contribution < -0.4 is 0 Å². The minimum absolute atomic E-state index is 0.0516. The second-order valence-corrected chi connectivity index (χ2v) is 24.4. The largest absolute Gasteiger partial charge is 0.507 e. The van der Waals surface area contributed by atoms with Crippen LogP contribution in [0.2, 0.25) is 36.3 Å². The highest BCUT2D eigenvalue weighted by Crippen LogP contribution is 2.38. The molecular weight excluding hydrogens is 621 g/mol. The van der Waals surface area contributed by atoms with Gasteiger partial charge in [-0.3, -0.25) is 19.2 Å². The van der Waals surface area contributed by atoms with Gasteiger partial charge in [0.05, 0.1) is 13.2 Å². The lowest BCUT2D eigenvalue weighted by molar-refractivity contribution is -0.126. The monoisotopic (exact) mass is 672 g/mol. The van der Waals surface area contributed by atoms with Gasteiger partial charge < -0.3 is 28.9 Å². The normalized spacial score (nSPS) is 23.1. The number of carbonyl (C=O) groups excluding carboxylic acids is 4. The lowest BCUT2D eigenvalue weighted by Gasteiger charge is -2.37. The second-order valence-electron chi connectivity index (χ2n) is 14.7. The molecule has 0 spiro atoms. The molecule has 0 radical (unpaired) electrons. The van der Waals surface area contributed by atoms with Crippen molar-refractivity contribution in [3.63, 3.8) is 0 Å². The van der Waals surface area contributed by atoms with Gasteiger partial charge in [0.25, 0.3) is 11.8 Å². The first-order valence-corrected chi connectivity index (χ1v) is 21.2. The van der Waals surface area contributed by atoms with Crippen molar-refractivity contribution in [3.05, 3.63) is 71.3 Å². The number of hydrogen-bond acceptors (Lipinski definition) is 8. The van der Waals surface area contributed by atoms with E-state index < -0.39 is 63.6 Å². The first-order valence-electron chi connectivity index (χ1n) is 15.4. The van der Waals surface area contributed by atoms with E-state index in [4.69, 9.17) is 8.85 Å². The van der Waals surface area contributed by atoms with Crippen LogP contribution in [0.25, 0.3) is 0 Å². The Morgan fingerprint density at radius 2 is 0.913 bits per heavy atom. The number of hydrogen-bond donors (Lipinski definition) is 2. The Kier molecular flexibility index (Phi) is 12.3. The van der Waals surface area contributed by atoms with Crippen LogP contribution >= 0.6 is 0 Å². The van der Waals surface area contributed by atoms with E-state index in [9.17, 15) is 29.4 Å². The van der Waals surface area contributed by atoms with Crippen molar-refractivity contribution in [2.24, 2.45) is 0 Å². The van der Waals surface area contributed by atoms with E-state index in [0.29, 0.717) is 0 Å². The summed E-state index contributed by atoms with van der Waals surface area (Å²) < 4.78 is 12.3. The maximum Gasteiger partial charge on any atom is 0.261 e. The van der Waals surface area contributed by atoms with Crippen molar-refractivity contribution < 1.29 is 38.2 Å². The average Bonchev–Trinajstić information content (AvgIpc) is 3.27. The number of amides is 2. The maximum atomic E-state index is 13.0. The van der Waals surface area contributed by atoms with Gasteiger partial charge in [0.1, 0.15) is 34.7 Å². The molecular formula is C34H52N2O8Si2. The molecule has 2 N–H and O–H groups in total. The van der Waals surface area contributed by atoms with Gasteiger partial charge in [-0.05, 0) is 48.4 Å². The molecule has 2 fully saturated rings. The summed E-state index contributed by atoms with van der Waals surface area (Å²) in [4.78, 5) is 54.0. The third kappa shape index (κ3) is 8.72. The van der Waals surface area contributed by atoms with E-state index in [1.54, 1.807) is 24.3 Å². The van der Waals surface area contributed by atoms with Crippen molar-refractivity contribution in [1.82, 2.24) is 9.80 Å². The molecule has 254 valence electrons. The zero-order chi connectivity index (χ0) is 35.4. The van der Waals surface area contributed by atoms with Crippen LogP contribution in [0.4, 0.5) is 0 Å². The van der Waals surface area contributed by atoms with Gasteiger partial charge in [0, 0.05) is 14.1 Å². The maximum absolute atomic E-state index is 13.0. The van der Waals surface area contributed by atoms with Gasteiger partial charge >= 0.3 is 0 Å². The summed E-state index contributed by atoms with van der Waals surface area (Å²) in [7, 11) is -1.23. The third-order valence-corrected chi connectivity index (χ3v) is 18.5. The van der Waals surface area contributed by atoms with Crippen LogP contribution in [0.3, 0.4) is 0 Å². The Hall–Kier alpha value is -3.33. The van der Waals surface area contributed by atoms with E-state index in [1.807, 2.05) is 0 Å². The summed E-state index contributed by atoms with van der Waals surface area (Å²) in [5.74, 6) is -2.92. The summed E-state index contributed by atoms with van der Waals surface area (Å²) >= 11 is 0. The fraction of sp³-hybridized carbons (Fsp3) is 0.529. The summed E-state index contributed by atoms with van der Waals surface area (Å²) in [5, 5.41) is 20.9. The number of ketones is 2. The Morgan fingerprint density at radius 1 is 0.630 bits per heavy atom. The Labute approximate surface area is 276 Å².